The highest BCUT2D eigenvalue weighted by molar-refractivity contribution is 7.47. The molecule has 16 heavy (non-hydrogen) atoms. The molecule has 0 amide bonds. The van der Waals surface area contributed by atoms with Crippen molar-refractivity contribution < 1.29 is 37.4 Å². The lowest BCUT2D eigenvalue weighted by Gasteiger charge is -2.29. The van der Waals surface area contributed by atoms with Gasteiger partial charge in [0.15, 0.2) is 5.79 Å². The summed E-state index contributed by atoms with van der Waals surface area (Å²) in [6.45, 7) is 4.00. The maximum absolute atomic E-state index is 11.3. The van der Waals surface area contributed by atoms with E-state index in [1.54, 1.807) is 0 Å². The molecule has 8 nitrogen and oxygen atoms in total. The maximum atomic E-state index is 11.3. The van der Waals surface area contributed by atoms with Gasteiger partial charge in [0.2, 0.25) is 0 Å². The van der Waals surface area contributed by atoms with Crippen molar-refractivity contribution in [3.8, 4) is 0 Å². The summed E-state index contributed by atoms with van der Waals surface area (Å²) in [5, 5.41) is 0. The molecule has 0 heterocycles. The SMILES string of the molecule is CCOP(=O)(O)OC(C)(CC)OP(=O)(O)O. The van der Waals surface area contributed by atoms with E-state index < -0.39 is 21.4 Å². The number of rotatable bonds is 7. The molecule has 0 aromatic carbocycles. The molecule has 2 unspecified atom stereocenters. The zero-order chi connectivity index (χ0) is 13.0. The second-order valence-electron chi connectivity index (χ2n) is 3.05. The second-order valence-corrected chi connectivity index (χ2v) is 5.59. The summed E-state index contributed by atoms with van der Waals surface area (Å²) in [5.41, 5.74) is 0. The lowest BCUT2D eigenvalue weighted by Crippen LogP contribution is -2.29. The fourth-order valence-corrected chi connectivity index (χ4v) is 2.59. The molecule has 3 N–H and O–H groups in total. The maximum Gasteiger partial charge on any atom is 0.474 e. The first-order valence-corrected chi connectivity index (χ1v) is 7.50. The predicted molar refractivity (Wildman–Crippen MR) is 54.4 cm³/mol. The molecule has 0 aromatic heterocycles. The van der Waals surface area contributed by atoms with E-state index in [1.807, 2.05) is 0 Å². The molecule has 0 bridgehead atoms. The van der Waals surface area contributed by atoms with Crippen LogP contribution in [-0.2, 0) is 22.7 Å². The van der Waals surface area contributed by atoms with Gasteiger partial charge in [0.1, 0.15) is 0 Å². The predicted octanol–water partition coefficient (Wildman–Crippen LogP) is 1.38. The molecule has 0 saturated carbocycles. The quantitative estimate of drug-likeness (QED) is 0.471. The zero-order valence-electron chi connectivity index (χ0n) is 9.19. The molecule has 0 fully saturated rings. The molecule has 0 aliphatic carbocycles. The fraction of sp³-hybridized carbons (Fsp3) is 1.00. The third-order valence-corrected chi connectivity index (χ3v) is 3.38. The van der Waals surface area contributed by atoms with Crippen LogP contribution in [-0.4, -0.2) is 27.1 Å². The molecule has 10 heteroatoms. The van der Waals surface area contributed by atoms with Crippen molar-refractivity contribution in [3.05, 3.63) is 0 Å². The van der Waals surface area contributed by atoms with Gasteiger partial charge >= 0.3 is 15.6 Å². The van der Waals surface area contributed by atoms with Crippen LogP contribution >= 0.6 is 15.6 Å². The summed E-state index contributed by atoms with van der Waals surface area (Å²) in [7, 11) is -9.21. The van der Waals surface area contributed by atoms with E-state index in [0.29, 0.717) is 0 Å². The Kier molecular flexibility index (Phi) is 5.79. The molecule has 0 rings (SSSR count). The third kappa shape index (κ3) is 6.73. The zero-order valence-corrected chi connectivity index (χ0v) is 11.0. The van der Waals surface area contributed by atoms with Gasteiger partial charge in [0, 0.05) is 0 Å². The largest absolute Gasteiger partial charge is 0.474 e. The molecule has 2 atom stereocenters. The molecule has 0 saturated heterocycles. The third-order valence-electron chi connectivity index (χ3n) is 1.55. The molecular weight excluding hydrogens is 262 g/mol. The normalized spacial score (nSPS) is 20.1. The van der Waals surface area contributed by atoms with Crippen LogP contribution in [0, 0.1) is 0 Å². The Labute approximate surface area is 93.4 Å². The van der Waals surface area contributed by atoms with E-state index >= 15 is 0 Å². The van der Waals surface area contributed by atoms with Gasteiger partial charge in [-0.15, -0.1) is 0 Å². The smallest absolute Gasteiger partial charge is 0.303 e. The highest BCUT2D eigenvalue weighted by Gasteiger charge is 2.40. The Bertz CT molecular complexity index is 312. The fourth-order valence-electron chi connectivity index (χ4n) is 0.831. The average molecular weight is 278 g/mol. The van der Waals surface area contributed by atoms with Crippen LogP contribution in [0.25, 0.3) is 0 Å². The van der Waals surface area contributed by atoms with Gasteiger partial charge in [-0.25, -0.2) is 9.13 Å². The van der Waals surface area contributed by atoms with Gasteiger partial charge in [-0.3, -0.25) is 13.6 Å². The Hall–Kier alpha value is 0.220. The minimum absolute atomic E-state index is 0.0459. The Morgan fingerprint density at radius 2 is 1.62 bits per heavy atom. The molecule has 0 spiro atoms. The molecule has 0 aliphatic heterocycles. The van der Waals surface area contributed by atoms with Crippen molar-refractivity contribution in [3.63, 3.8) is 0 Å². The highest BCUT2D eigenvalue weighted by Crippen LogP contribution is 2.52. The lowest BCUT2D eigenvalue weighted by molar-refractivity contribution is -0.128. The van der Waals surface area contributed by atoms with Crippen LogP contribution in [0.2, 0.25) is 0 Å². The molecular formula is C6H16O8P2. The second kappa shape index (κ2) is 5.71. The molecule has 0 radical (unpaired) electrons. The number of phosphoric acid groups is 2. The molecule has 0 aromatic rings. The van der Waals surface area contributed by atoms with E-state index in [2.05, 4.69) is 13.6 Å². The minimum atomic E-state index is -4.82. The summed E-state index contributed by atoms with van der Waals surface area (Å²) >= 11 is 0. The van der Waals surface area contributed by atoms with E-state index in [9.17, 15) is 9.13 Å². The topological polar surface area (TPSA) is 123 Å². The van der Waals surface area contributed by atoms with Gasteiger partial charge in [0.05, 0.1) is 6.61 Å². The first-order valence-electron chi connectivity index (χ1n) is 4.48. The average Bonchev–Trinajstić information content (AvgIpc) is 1.98. The van der Waals surface area contributed by atoms with Crippen LogP contribution in [0.15, 0.2) is 0 Å². The Balaban J connectivity index is 4.73. The van der Waals surface area contributed by atoms with Gasteiger partial charge in [0.25, 0.3) is 0 Å². The summed E-state index contributed by atoms with van der Waals surface area (Å²) in [6, 6.07) is 0. The van der Waals surface area contributed by atoms with Crippen LogP contribution in [0.4, 0.5) is 0 Å². The van der Waals surface area contributed by atoms with Crippen molar-refractivity contribution in [2.24, 2.45) is 0 Å². The van der Waals surface area contributed by atoms with Gasteiger partial charge in [-0.1, -0.05) is 6.92 Å². The first-order chi connectivity index (χ1) is 7.04. The number of hydrogen-bond acceptors (Lipinski definition) is 5. The lowest BCUT2D eigenvalue weighted by atomic mass is 10.3. The molecule has 0 aliphatic rings. The van der Waals surface area contributed by atoms with Crippen molar-refractivity contribution in [1.82, 2.24) is 0 Å². The van der Waals surface area contributed by atoms with Crippen molar-refractivity contribution in [2.75, 3.05) is 6.61 Å². The highest BCUT2D eigenvalue weighted by atomic mass is 31.2. The van der Waals surface area contributed by atoms with E-state index in [4.69, 9.17) is 14.7 Å². The first kappa shape index (κ1) is 16.2. The van der Waals surface area contributed by atoms with Crippen LogP contribution in [0.5, 0.6) is 0 Å². The Morgan fingerprint density at radius 3 is 1.94 bits per heavy atom. The summed E-state index contributed by atoms with van der Waals surface area (Å²) in [6.07, 6.45) is -0.0459. The minimum Gasteiger partial charge on any atom is -0.303 e. The molecule has 98 valence electrons. The van der Waals surface area contributed by atoms with Crippen LogP contribution in [0.1, 0.15) is 27.2 Å². The van der Waals surface area contributed by atoms with Crippen molar-refractivity contribution >= 4 is 15.6 Å². The van der Waals surface area contributed by atoms with Crippen LogP contribution < -0.4 is 0 Å². The van der Waals surface area contributed by atoms with E-state index in [0.717, 1.165) is 6.92 Å². The van der Waals surface area contributed by atoms with Gasteiger partial charge in [-0.05, 0) is 20.3 Å². The summed E-state index contributed by atoms with van der Waals surface area (Å²) in [4.78, 5) is 26.4. The summed E-state index contributed by atoms with van der Waals surface area (Å²) in [5.74, 6) is -1.89. The summed E-state index contributed by atoms with van der Waals surface area (Å²) < 4.78 is 35.1. The number of phosphoric ester groups is 2. The standard InChI is InChI=1S/C6H16O8P2/c1-4-6(3,13-15(7,8)9)14-16(10,11)12-5-2/h4-5H2,1-3H3,(H,10,11)(H2,7,8,9). The van der Waals surface area contributed by atoms with Crippen LogP contribution in [0.3, 0.4) is 0 Å². The van der Waals surface area contributed by atoms with E-state index in [-0.39, 0.29) is 13.0 Å². The van der Waals surface area contributed by atoms with Crippen molar-refractivity contribution in [2.45, 2.75) is 33.0 Å². The van der Waals surface area contributed by atoms with Crippen molar-refractivity contribution in [1.29, 1.82) is 0 Å². The Morgan fingerprint density at radius 1 is 1.12 bits per heavy atom. The van der Waals surface area contributed by atoms with E-state index in [1.165, 1.54) is 13.8 Å². The van der Waals surface area contributed by atoms with Gasteiger partial charge in [-0.2, -0.15) is 0 Å². The number of hydrogen-bond donors (Lipinski definition) is 3. The van der Waals surface area contributed by atoms with Gasteiger partial charge < -0.3 is 14.7 Å². The monoisotopic (exact) mass is 278 g/mol.